The molecule has 2 aromatic rings. The fourth-order valence-electron chi connectivity index (χ4n) is 2.69. The van der Waals surface area contributed by atoms with E-state index in [1.54, 1.807) is 0 Å². The van der Waals surface area contributed by atoms with Crippen LogP contribution in [0.3, 0.4) is 0 Å². The molecule has 0 amide bonds. The van der Waals surface area contributed by atoms with Crippen LogP contribution in [0.5, 0.6) is 0 Å². The zero-order valence-electron chi connectivity index (χ0n) is 13.7. The molecule has 1 saturated heterocycles. The van der Waals surface area contributed by atoms with Crippen LogP contribution in [0.25, 0.3) is 11.2 Å². The molecule has 1 aliphatic heterocycles. The first kappa shape index (κ1) is 19.0. The van der Waals surface area contributed by atoms with Gasteiger partial charge in [-0.15, -0.1) is 0 Å². The molecule has 5 atom stereocenters. The number of nitrogens with zero attached hydrogens (tertiary/aromatic N) is 4. The standard InChI is InChI=1S/C14H20N6O5Se/c15-6(14(23)24)1-2-26-3-7-9(21)10(22)13(25-7)20-5-19-8-11(16)17-4-18-12(8)20/h4-7,9-10,13,21-22H,1-3,15H2,(H,23,24)(H2,16,17,18)/t6?,7-,9-,10-,13-/m1/s1. The third-order valence-electron chi connectivity index (χ3n) is 4.17. The van der Waals surface area contributed by atoms with Crippen LogP contribution in [0, 0.1) is 0 Å². The molecule has 7 N–H and O–H groups in total. The third kappa shape index (κ3) is 3.65. The number of carbonyl (C=O) groups is 1. The molecule has 26 heavy (non-hydrogen) atoms. The zero-order valence-corrected chi connectivity index (χ0v) is 15.4. The number of nitrogen functional groups attached to an aromatic ring is 1. The van der Waals surface area contributed by atoms with Crippen LogP contribution in [-0.2, 0) is 9.53 Å². The minimum atomic E-state index is -1.15. The number of anilines is 1. The van der Waals surface area contributed by atoms with Crippen molar-refractivity contribution in [2.45, 2.75) is 47.6 Å². The maximum atomic E-state index is 10.7. The molecule has 3 heterocycles. The number of nitrogens with two attached hydrogens (primary N) is 2. The number of hydrogen-bond acceptors (Lipinski definition) is 9. The summed E-state index contributed by atoms with van der Waals surface area (Å²) in [6.45, 7) is 0. The Morgan fingerprint density at radius 1 is 1.35 bits per heavy atom. The molecule has 1 unspecified atom stereocenters. The number of fused-ring (bicyclic) bond motifs is 1. The summed E-state index contributed by atoms with van der Waals surface area (Å²) in [6.07, 6.45) is -0.515. The molecule has 0 radical (unpaired) electrons. The number of hydrogen-bond donors (Lipinski definition) is 5. The van der Waals surface area contributed by atoms with Crippen molar-refractivity contribution in [1.82, 2.24) is 19.5 Å². The molecule has 12 heteroatoms. The van der Waals surface area contributed by atoms with Crippen LogP contribution >= 0.6 is 0 Å². The van der Waals surface area contributed by atoms with Gasteiger partial charge in [0.1, 0.15) is 0 Å². The van der Waals surface area contributed by atoms with Gasteiger partial charge in [-0.1, -0.05) is 0 Å². The molecule has 0 aliphatic carbocycles. The van der Waals surface area contributed by atoms with E-state index in [2.05, 4.69) is 15.0 Å². The fraction of sp³-hybridized carbons (Fsp3) is 0.571. The summed E-state index contributed by atoms with van der Waals surface area (Å²) >= 11 is 0.0247. The summed E-state index contributed by atoms with van der Waals surface area (Å²) in [5, 5.41) is 30.6. The number of carboxylic acid groups (broad SMARTS) is 1. The SMILES string of the molecule is Nc1ncnc2c1ncn2[C@@H]1O[C@H](C[Se]CCC(N)C(=O)O)[C@@H](O)[C@H]1O. The van der Waals surface area contributed by atoms with Gasteiger partial charge in [0.2, 0.25) is 0 Å². The number of rotatable bonds is 7. The van der Waals surface area contributed by atoms with Gasteiger partial charge in [-0.25, -0.2) is 0 Å². The monoisotopic (exact) mass is 432 g/mol. The first-order valence-corrected chi connectivity index (χ1v) is 10.3. The van der Waals surface area contributed by atoms with E-state index in [-0.39, 0.29) is 20.8 Å². The van der Waals surface area contributed by atoms with Crippen molar-refractivity contribution in [3.05, 3.63) is 12.7 Å². The first-order chi connectivity index (χ1) is 12.4. The average molecular weight is 431 g/mol. The molecule has 0 saturated carbocycles. The van der Waals surface area contributed by atoms with Crippen molar-refractivity contribution in [2.75, 3.05) is 5.73 Å². The van der Waals surface area contributed by atoms with Crippen LogP contribution in [0.4, 0.5) is 5.82 Å². The summed E-state index contributed by atoms with van der Waals surface area (Å²) in [4.78, 5) is 22.8. The molecule has 0 aromatic carbocycles. The average Bonchev–Trinajstić information content (AvgIpc) is 3.15. The quantitative estimate of drug-likeness (QED) is 0.252. The Morgan fingerprint density at radius 3 is 2.85 bits per heavy atom. The second-order valence-corrected chi connectivity index (χ2v) is 8.35. The number of aliphatic hydroxyl groups excluding tert-OH is 2. The van der Waals surface area contributed by atoms with Crippen molar-refractivity contribution in [3.8, 4) is 0 Å². The molecule has 0 bridgehead atoms. The third-order valence-corrected chi connectivity index (χ3v) is 6.45. The number of ether oxygens (including phenoxy) is 1. The van der Waals surface area contributed by atoms with E-state index in [9.17, 15) is 15.0 Å². The number of imidazole rings is 1. The van der Waals surface area contributed by atoms with E-state index in [0.717, 1.165) is 0 Å². The van der Waals surface area contributed by atoms with E-state index in [1.165, 1.54) is 17.2 Å². The predicted molar refractivity (Wildman–Crippen MR) is 91.3 cm³/mol. The van der Waals surface area contributed by atoms with Crippen molar-refractivity contribution in [3.63, 3.8) is 0 Å². The summed E-state index contributed by atoms with van der Waals surface area (Å²) in [5.41, 5.74) is 12.0. The zero-order chi connectivity index (χ0) is 18.8. The van der Waals surface area contributed by atoms with Crippen LogP contribution < -0.4 is 11.5 Å². The fourth-order valence-corrected chi connectivity index (χ4v) is 4.98. The number of aliphatic hydroxyl groups is 2. The Morgan fingerprint density at radius 2 is 2.12 bits per heavy atom. The summed E-state index contributed by atoms with van der Waals surface area (Å²) in [7, 11) is 0. The van der Waals surface area contributed by atoms with E-state index < -0.39 is 36.6 Å². The van der Waals surface area contributed by atoms with Gasteiger partial charge < -0.3 is 0 Å². The second kappa shape index (κ2) is 7.82. The molecular formula is C14H20N6O5Se. The molecule has 11 nitrogen and oxygen atoms in total. The first-order valence-electron chi connectivity index (χ1n) is 7.91. The van der Waals surface area contributed by atoms with Gasteiger partial charge in [0.05, 0.1) is 0 Å². The van der Waals surface area contributed by atoms with Crippen LogP contribution in [-0.4, -0.2) is 80.1 Å². The molecule has 1 aliphatic rings. The Balaban J connectivity index is 1.64. The Hall–Kier alpha value is -1.82. The molecule has 3 rings (SSSR count). The maximum absolute atomic E-state index is 10.7. The Bertz CT molecular complexity index is 788. The van der Waals surface area contributed by atoms with E-state index in [4.69, 9.17) is 21.3 Å². The van der Waals surface area contributed by atoms with E-state index in [1.807, 2.05) is 0 Å². The van der Waals surface area contributed by atoms with Gasteiger partial charge in [0, 0.05) is 0 Å². The van der Waals surface area contributed by atoms with Crippen molar-refractivity contribution in [1.29, 1.82) is 0 Å². The van der Waals surface area contributed by atoms with Gasteiger partial charge in [-0.2, -0.15) is 0 Å². The van der Waals surface area contributed by atoms with Crippen LogP contribution in [0.1, 0.15) is 12.6 Å². The van der Waals surface area contributed by atoms with Crippen LogP contribution in [0.15, 0.2) is 12.7 Å². The summed E-state index contributed by atoms with van der Waals surface area (Å²) in [5.74, 6) is -0.807. The van der Waals surface area contributed by atoms with Crippen molar-refractivity contribution < 1.29 is 24.9 Å². The topological polar surface area (TPSA) is 183 Å². The summed E-state index contributed by atoms with van der Waals surface area (Å²) in [6, 6.07) is -0.882. The van der Waals surface area contributed by atoms with Crippen molar-refractivity contribution >= 4 is 37.9 Å². The van der Waals surface area contributed by atoms with Gasteiger partial charge in [0.25, 0.3) is 0 Å². The minimum absolute atomic E-state index is 0.0247. The summed E-state index contributed by atoms with van der Waals surface area (Å²) < 4.78 is 7.35. The van der Waals surface area contributed by atoms with Gasteiger partial charge in [0.15, 0.2) is 0 Å². The van der Waals surface area contributed by atoms with Crippen LogP contribution in [0.2, 0.25) is 10.6 Å². The number of carboxylic acids is 1. The van der Waals surface area contributed by atoms with Gasteiger partial charge in [-0.05, 0) is 0 Å². The predicted octanol–water partition coefficient (Wildman–Crippen LogP) is -1.63. The Labute approximate surface area is 154 Å². The van der Waals surface area contributed by atoms with E-state index >= 15 is 0 Å². The van der Waals surface area contributed by atoms with Gasteiger partial charge in [-0.3, -0.25) is 0 Å². The molecule has 0 spiro atoms. The van der Waals surface area contributed by atoms with E-state index in [0.29, 0.717) is 28.2 Å². The van der Waals surface area contributed by atoms with Crippen molar-refractivity contribution in [2.24, 2.45) is 5.73 Å². The molecule has 2 aromatic heterocycles. The number of aromatic nitrogens is 4. The van der Waals surface area contributed by atoms with Gasteiger partial charge >= 0.3 is 154 Å². The normalized spacial score (nSPS) is 27.0. The second-order valence-electron chi connectivity index (χ2n) is 5.94. The Kier molecular flexibility index (Phi) is 5.70. The molecular weight excluding hydrogens is 411 g/mol. The number of aliphatic carboxylic acids is 1. The molecule has 1 fully saturated rings. The molecule has 142 valence electrons.